The van der Waals surface area contributed by atoms with Crippen molar-refractivity contribution in [3.05, 3.63) is 59.7 Å². The highest BCUT2D eigenvalue weighted by atomic mass is 32.2. The first-order valence-electron chi connectivity index (χ1n) is 5.80. The SMILES string of the molecule is CC(=O)Nc1ccc(S(=O)(=O)[N-][n+]2ccccc2)cc1. The number of carbonyl (C=O) groups is 1. The highest BCUT2D eigenvalue weighted by molar-refractivity contribution is 7.93. The van der Waals surface area contributed by atoms with E-state index in [-0.39, 0.29) is 10.8 Å². The minimum Gasteiger partial charge on any atom is -0.326 e. The van der Waals surface area contributed by atoms with Gasteiger partial charge in [0.1, 0.15) is 0 Å². The lowest BCUT2D eigenvalue weighted by atomic mass is 10.3. The molecule has 0 fully saturated rings. The largest absolute Gasteiger partial charge is 0.326 e. The molecule has 1 amide bonds. The number of benzene rings is 1. The third-order valence-corrected chi connectivity index (χ3v) is 3.65. The Bertz CT molecular complexity index is 697. The van der Waals surface area contributed by atoms with E-state index >= 15 is 0 Å². The number of nitrogens with zero attached hydrogens (tertiary/aromatic N) is 2. The molecule has 1 heterocycles. The third-order valence-electron chi connectivity index (χ3n) is 2.37. The lowest BCUT2D eigenvalue weighted by Gasteiger charge is -2.14. The molecule has 7 heteroatoms. The van der Waals surface area contributed by atoms with Gasteiger partial charge in [-0.3, -0.25) is 4.79 Å². The van der Waals surface area contributed by atoms with Gasteiger partial charge >= 0.3 is 0 Å². The molecule has 2 aromatic rings. The van der Waals surface area contributed by atoms with E-state index in [0.717, 1.165) is 0 Å². The maximum absolute atomic E-state index is 12.1. The highest BCUT2D eigenvalue weighted by Gasteiger charge is 2.08. The van der Waals surface area contributed by atoms with Crippen LogP contribution in [0.1, 0.15) is 6.92 Å². The summed E-state index contributed by atoms with van der Waals surface area (Å²) in [6.07, 6.45) is 3.06. The summed E-state index contributed by atoms with van der Waals surface area (Å²) in [5, 5.41) is 2.56. The van der Waals surface area contributed by atoms with Crippen LogP contribution < -0.4 is 9.99 Å². The molecule has 6 nitrogen and oxygen atoms in total. The maximum Gasteiger partial charge on any atom is 0.221 e. The molecule has 0 saturated heterocycles. The topological polar surface area (TPSA) is 81.2 Å². The summed E-state index contributed by atoms with van der Waals surface area (Å²) in [6, 6.07) is 10.9. The Labute approximate surface area is 117 Å². The summed E-state index contributed by atoms with van der Waals surface area (Å²) in [5.74, 6) is -0.217. The van der Waals surface area contributed by atoms with E-state index in [9.17, 15) is 13.2 Å². The number of hydrogen-bond acceptors (Lipinski definition) is 3. The summed E-state index contributed by atoms with van der Waals surface area (Å²) in [5.41, 5.74) is 0.531. The minimum atomic E-state index is -3.78. The van der Waals surface area contributed by atoms with Crippen LogP contribution in [0.2, 0.25) is 0 Å². The van der Waals surface area contributed by atoms with Crippen molar-refractivity contribution in [3.8, 4) is 0 Å². The first kappa shape index (κ1) is 14.0. The molecule has 0 radical (unpaired) electrons. The van der Waals surface area contributed by atoms with Crippen LogP contribution in [0, 0.1) is 0 Å². The van der Waals surface area contributed by atoms with Crippen LogP contribution in [0.4, 0.5) is 5.69 Å². The lowest BCUT2D eigenvalue weighted by molar-refractivity contribution is -0.614. The molecule has 2 rings (SSSR count). The van der Waals surface area contributed by atoms with Gasteiger partial charge in [0.2, 0.25) is 5.91 Å². The van der Waals surface area contributed by atoms with E-state index in [1.807, 2.05) is 0 Å². The number of anilines is 1. The van der Waals surface area contributed by atoms with E-state index in [1.54, 1.807) is 18.2 Å². The standard InChI is InChI=1S/C13H13N3O3S/c1-11(17)14-12-5-7-13(8-6-12)20(18,19)15-16-9-3-2-4-10-16/h2-10H,1H3,(H,14,17). The van der Waals surface area contributed by atoms with Crippen LogP contribution in [0.3, 0.4) is 0 Å². The summed E-state index contributed by atoms with van der Waals surface area (Å²) >= 11 is 0. The Hall–Kier alpha value is -2.41. The van der Waals surface area contributed by atoms with Gasteiger partial charge in [0.05, 0.1) is 4.90 Å². The van der Waals surface area contributed by atoms with E-state index in [1.165, 1.54) is 48.3 Å². The number of sulfonamides is 1. The number of pyridine rings is 1. The predicted molar refractivity (Wildman–Crippen MR) is 73.3 cm³/mol. The lowest BCUT2D eigenvalue weighted by Crippen LogP contribution is -2.30. The van der Waals surface area contributed by atoms with Crippen molar-refractivity contribution in [1.29, 1.82) is 0 Å². The number of amides is 1. The monoisotopic (exact) mass is 291 g/mol. The second-order valence-corrected chi connectivity index (χ2v) is 5.60. The number of hydrogen-bond donors (Lipinski definition) is 1. The van der Waals surface area contributed by atoms with Gasteiger partial charge in [-0.15, -0.1) is 0 Å². The molecule has 20 heavy (non-hydrogen) atoms. The van der Waals surface area contributed by atoms with E-state index in [2.05, 4.69) is 10.1 Å². The molecule has 0 saturated carbocycles. The van der Waals surface area contributed by atoms with Gasteiger partial charge < -0.3 is 10.1 Å². The van der Waals surface area contributed by atoms with E-state index < -0.39 is 10.0 Å². The van der Waals surface area contributed by atoms with Crippen LogP contribution in [0.5, 0.6) is 0 Å². The van der Waals surface area contributed by atoms with Gasteiger partial charge in [-0.1, -0.05) is 6.07 Å². The van der Waals surface area contributed by atoms with Gasteiger partial charge in [-0.2, -0.15) is 0 Å². The normalized spacial score (nSPS) is 10.8. The molecule has 1 aromatic carbocycles. The average molecular weight is 291 g/mol. The highest BCUT2D eigenvalue weighted by Crippen LogP contribution is 2.17. The minimum absolute atomic E-state index is 0.0583. The van der Waals surface area contributed by atoms with Crippen LogP contribution in [-0.2, 0) is 14.8 Å². The number of nitrogens with one attached hydrogen (secondary N) is 1. The van der Waals surface area contributed by atoms with Gasteiger partial charge in [0.15, 0.2) is 22.4 Å². The maximum atomic E-state index is 12.1. The van der Waals surface area contributed by atoms with Crippen molar-refractivity contribution < 1.29 is 17.9 Å². The van der Waals surface area contributed by atoms with Gasteiger partial charge in [-0.05, 0) is 24.3 Å². The Morgan fingerprint density at radius 3 is 2.25 bits per heavy atom. The molecule has 1 aromatic heterocycles. The second kappa shape index (κ2) is 5.70. The third kappa shape index (κ3) is 3.55. The molecular weight excluding hydrogens is 278 g/mol. The van der Waals surface area contributed by atoms with Crippen molar-refractivity contribution in [3.63, 3.8) is 0 Å². The summed E-state index contributed by atoms with van der Waals surface area (Å²) < 4.78 is 25.3. The van der Waals surface area contributed by atoms with Crippen molar-refractivity contribution >= 4 is 21.6 Å². The fraction of sp³-hybridized carbons (Fsp3) is 0.0769. The van der Waals surface area contributed by atoms with Crippen LogP contribution in [-0.4, -0.2) is 14.3 Å². The van der Waals surface area contributed by atoms with Crippen LogP contribution >= 0.6 is 0 Å². The zero-order valence-electron chi connectivity index (χ0n) is 10.7. The smallest absolute Gasteiger partial charge is 0.221 e. The Balaban J connectivity index is 2.19. The Morgan fingerprint density at radius 1 is 1.10 bits per heavy atom. The number of aromatic nitrogens is 1. The average Bonchev–Trinajstić information content (AvgIpc) is 2.39. The van der Waals surface area contributed by atoms with Gasteiger partial charge in [0.25, 0.3) is 0 Å². The van der Waals surface area contributed by atoms with Crippen LogP contribution in [0.15, 0.2) is 59.8 Å². The fourth-order valence-corrected chi connectivity index (χ4v) is 2.46. The van der Waals surface area contributed by atoms with E-state index in [4.69, 9.17) is 0 Å². The second-order valence-electron chi connectivity index (χ2n) is 4.02. The molecule has 0 aliphatic carbocycles. The zero-order chi connectivity index (χ0) is 14.6. The molecule has 1 N–H and O–H groups in total. The van der Waals surface area contributed by atoms with Crippen molar-refractivity contribution in [2.24, 2.45) is 0 Å². The van der Waals surface area contributed by atoms with Crippen molar-refractivity contribution in [1.82, 2.24) is 0 Å². The first-order valence-corrected chi connectivity index (χ1v) is 7.24. The van der Waals surface area contributed by atoms with Gasteiger partial charge in [0, 0.05) is 24.7 Å². The predicted octanol–water partition coefficient (Wildman–Crippen LogP) is 1.46. The molecule has 0 aliphatic rings. The molecule has 0 spiro atoms. The summed E-state index contributed by atoms with van der Waals surface area (Å²) in [4.78, 5) is 14.6. The van der Waals surface area contributed by atoms with Gasteiger partial charge in [-0.25, -0.2) is 13.1 Å². The van der Waals surface area contributed by atoms with Crippen molar-refractivity contribution in [2.45, 2.75) is 11.8 Å². The molecular formula is C13H13N3O3S. The molecule has 104 valence electrons. The number of rotatable bonds is 4. The molecule has 0 atom stereocenters. The summed E-state index contributed by atoms with van der Waals surface area (Å²) in [7, 11) is -3.78. The Morgan fingerprint density at radius 2 is 1.70 bits per heavy atom. The Kier molecular flexibility index (Phi) is 3.99. The fourth-order valence-electron chi connectivity index (χ4n) is 1.53. The first-order chi connectivity index (χ1) is 9.47. The molecule has 0 bridgehead atoms. The summed E-state index contributed by atoms with van der Waals surface area (Å²) in [6.45, 7) is 1.38. The van der Waals surface area contributed by atoms with E-state index in [0.29, 0.717) is 5.69 Å². The number of carbonyl (C=O) groups excluding carboxylic acids is 1. The van der Waals surface area contributed by atoms with Crippen molar-refractivity contribution in [2.75, 3.05) is 5.32 Å². The quantitative estimate of drug-likeness (QED) is 0.866. The molecule has 0 unspecified atom stereocenters. The zero-order valence-corrected chi connectivity index (χ0v) is 11.5. The van der Waals surface area contributed by atoms with Crippen LogP contribution in [0.25, 0.3) is 4.83 Å². The molecule has 0 aliphatic heterocycles.